The second-order valence-electron chi connectivity index (χ2n) is 2.72. The molecule has 0 saturated heterocycles. The van der Waals surface area contributed by atoms with E-state index >= 15 is 0 Å². The minimum atomic E-state index is 1.29. The number of aryl methyl sites for hydroxylation is 1. The quantitative estimate of drug-likeness (QED) is 0.667. The molecule has 0 bridgehead atoms. The van der Waals surface area contributed by atoms with Gasteiger partial charge in [0.05, 0.1) is 0 Å². The first-order chi connectivity index (χ1) is 6.18. The Labute approximate surface area is 86.3 Å². The van der Waals surface area contributed by atoms with Crippen LogP contribution in [0.25, 0.3) is 0 Å². The highest BCUT2D eigenvalue weighted by molar-refractivity contribution is 7.97. The van der Waals surface area contributed by atoms with Crippen molar-refractivity contribution in [2.75, 3.05) is 14.1 Å². The molecule has 0 aromatic heterocycles. The molecule has 0 N–H and O–H groups in total. The van der Waals surface area contributed by atoms with Crippen LogP contribution in [0.2, 0.25) is 0 Å². The summed E-state index contributed by atoms with van der Waals surface area (Å²) in [5.74, 6) is 0. The third kappa shape index (κ3) is 5.72. The van der Waals surface area contributed by atoms with Crippen LogP contribution < -0.4 is 0 Å². The lowest BCUT2D eigenvalue weighted by Gasteiger charge is -2.07. The van der Waals surface area contributed by atoms with E-state index in [0.717, 1.165) is 0 Å². The summed E-state index contributed by atoms with van der Waals surface area (Å²) in [5.41, 5.74) is 1.31. The molecule has 0 radical (unpaired) electrons. The van der Waals surface area contributed by atoms with Gasteiger partial charge in [-0.2, -0.15) is 0 Å². The van der Waals surface area contributed by atoms with E-state index in [2.05, 4.69) is 35.5 Å². The van der Waals surface area contributed by atoms with Crippen molar-refractivity contribution in [1.29, 1.82) is 0 Å². The fourth-order valence-corrected chi connectivity index (χ4v) is 1.49. The van der Waals surface area contributed by atoms with Gasteiger partial charge in [0.25, 0.3) is 0 Å². The summed E-state index contributed by atoms with van der Waals surface area (Å²) in [6.07, 6.45) is 0. The highest BCUT2D eigenvalue weighted by Crippen LogP contribution is 2.19. The maximum Gasteiger partial charge on any atom is 0.0230 e. The van der Waals surface area contributed by atoms with Gasteiger partial charge in [0.15, 0.2) is 0 Å². The minimum absolute atomic E-state index is 1.29. The zero-order chi connectivity index (χ0) is 10.3. The Bertz CT molecular complexity index is 216. The van der Waals surface area contributed by atoms with Crippen LogP contribution in [-0.4, -0.2) is 18.4 Å². The Kier molecular flexibility index (Phi) is 6.73. The van der Waals surface area contributed by atoms with Crippen LogP contribution in [0, 0.1) is 6.92 Å². The fourth-order valence-electron chi connectivity index (χ4n) is 0.810. The molecule has 0 amide bonds. The largest absolute Gasteiger partial charge is 0.253 e. The van der Waals surface area contributed by atoms with E-state index in [0.29, 0.717) is 0 Å². The summed E-state index contributed by atoms with van der Waals surface area (Å²) in [6.45, 7) is 6.10. The Morgan fingerprint density at radius 2 is 1.46 bits per heavy atom. The fraction of sp³-hybridized carbons (Fsp3) is 0.455. The van der Waals surface area contributed by atoms with Gasteiger partial charge < -0.3 is 0 Å². The van der Waals surface area contributed by atoms with Crippen LogP contribution in [0.15, 0.2) is 29.2 Å². The number of hydrogen-bond donors (Lipinski definition) is 0. The van der Waals surface area contributed by atoms with E-state index in [1.165, 1.54) is 10.5 Å². The lowest BCUT2D eigenvalue weighted by Crippen LogP contribution is -1.98. The summed E-state index contributed by atoms with van der Waals surface area (Å²) < 4.78 is 2.09. The maximum atomic E-state index is 2.14. The summed E-state index contributed by atoms with van der Waals surface area (Å²) in [5, 5.41) is 0. The summed E-state index contributed by atoms with van der Waals surface area (Å²) in [6, 6.07) is 8.54. The molecule has 1 nitrogen and oxygen atoms in total. The SMILES string of the molecule is CC.Cc1ccc(SN(C)C)cc1. The zero-order valence-electron chi connectivity index (χ0n) is 9.16. The molecule has 0 aliphatic heterocycles. The molecule has 0 atom stereocenters. The average molecular weight is 197 g/mol. The summed E-state index contributed by atoms with van der Waals surface area (Å²) in [7, 11) is 4.09. The van der Waals surface area contributed by atoms with Crippen LogP contribution in [-0.2, 0) is 0 Å². The van der Waals surface area contributed by atoms with Crippen molar-refractivity contribution < 1.29 is 0 Å². The van der Waals surface area contributed by atoms with Gasteiger partial charge in [-0.25, -0.2) is 0 Å². The number of hydrogen-bond acceptors (Lipinski definition) is 2. The van der Waals surface area contributed by atoms with Gasteiger partial charge in [-0.1, -0.05) is 31.5 Å². The third-order valence-electron chi connectivity index (χ3n) is 1.31. The van der Waals surface area contributed by atoms with Crippen LogP contribution in [0.3, 0.4) is 0 Å². The van der Waals surface area contributed by atoms with Crippen molar-refractivity contribution in [3.8, 4) is 0 Å². The Morgan fingerprint density at radius 3 is 1.85 bits per heavy atom. The van der Waals surface area contributed by atoms with Gasteiger partial charge in [-0.3, -0.25) is 4.31 Å². The molecule has 1 aromatic carbocycles. The molecule has 0 heterocycles. The highest BCUT2D eigenvalue weighted by Gasteiger charge is 1.93. The Morgan fingerprint density at radius 1 is 1.00 bits per heavy atom. The molecule has 0 spiro atoms. The van der Waals surface area contributed by atoms with E-state index in [1.54, 1.807) is 11.9 Å². The van der Waals surface area contributed by atoms with E-state index in [9.17, 15) is 0 Å². The van der Waals surface area contributed by atoms with Crippen molar-refractivity contribution in [1.82, 2.24) is 4.31 Å². The van der Waals surface area contributed by atoms with Gasteiger partial charge >= 0.3 is 0 Å². The normalized spacial score (nSPS) is 9.38. The Balaban J connectivity index is 0.000000671. The lowest BCUT2D eigenvalue weighted by molar-refractivity contribution is 0.702. The van der Waals surface area contributed by atoms with Crippen molar-refractivity contribution in [2.45, 2.75) is 25.7 Å². The highest BCUT2D eigenvalue weighted by atomic mass is 32.2. The standard InChI is InChI=1S/C9H13NS.C2H6/c1-8-4-6-9(7-5-8)11-10(2)3;1-2/h4-7H,1-3H3;1-2H3. The molecule has 13 heavy (non-hydrogen) atoms. The monoisotopic (exact) mass is 197 g/mol. The molecule has 74 valence electrons. The zero-order valence-corrected chi connectivity index (χ0v) is 9.98. The van der Waals surface area contributed by atoms with Crippen LogP contribution >= 0.6 is 11.9 Å². The Hall–Kier alpha value is -0.470. The average Bonchev–Trinajstić information content (AvgIpc) is 2.12. The van der Waals surface area contributed by atoms with Crippen molar-refractivity contribution in [3.63, 3.8) is 0 Å². The van der Waals surface area contributed by atoms with Crippen molar-refractivity contribution in [2.24, 2.45) is 0 Å². The van der Waals surface area contributed by atoms with Crippen molar-refractivity contribution in [3.05, 3.63) is 29.8 Å². The van der Waals surface area contributed by atoms with Crippen LogP contribution in [0.1, 0.15) is 19.4 Å². The topological polar surface area (TPSA) is 3.24 Å². The van der Waals surface area contributed by atoms with Gasteiger partial charge in [-0.05, 0) is 45.1 Å². The molecule has 1 rings (SSSR count). The number of nitrogens with zero attached hydrogens (tertiary/aromatic N) is 1. The molecule has 1 aromatic rings. The first kappa shape index (κ1) is 12.5. The van der Waals surface area contributed by atoms with E-state index in [1.807, 2.05) is 27.9 Å². The predicted molar refractivity (Wildman–Crippen MR) is 62.1 cm³/mol. The molecule has 0 fully saturated rings. The molecule has 0 aliphatic carbocycles. The lowest BCUT2D eigenvalue weighted by atomic mass is 10.2. The smallest absolute Gasteiger partial charge is 0.0230 e. The summed E-state index contributed by atoms with van der Waals surface area (Å²) >= 11 is 1.74. The first-order valence-corrected chi connectivity index (χ1v) is 5.38. The molecule has 0 aliphatic rings. The van der Waals surface area contributed by atoms with Gasteiger partial charge in [0, 0.05) is 4.90 Å². The maximum absolute atomic E-state index is 2.14. The molecule has 0 unspecified atom stereocenters. The second-order valence-corrected chi connectivity index (χ2v) is 4.10. The van der Waals surface area contributed by atoms with Gasteiger partial charge in [0.2, 0.25) is 0 Å². The van der Waals surface area contributed by atoms with Crippen molar-refractivity contribution >= 4 is 11.9 Å². The molecular weight excluding hydrogens is 178 g/mol. The van der Waals surface area contributed by atoms with Crippen LogP contribution in [0.4, 0.5) is 0 Å². The summed E-state index contributed by atoms with van der Waals surface area (Å²) in [4.78, 5) is 1.29. The second kappa shape index (κ2) is 6.98. The van der Waals surface area contributed by atoms with Crippen LogP contribution in [0.5, 0.6) is 0 Å². The number of benzene rings is 1. The third-order valence-corrected chi connectivity index (χ3v) is 2.16. The van der Waals surface area contributed by atoms with Gasteiger partial charge in [-0.15, -0.1) is 0 Å². The van der Waals surface area contributed by atoms with E-state index in [4.69, 9.17) is 0 Å². The van der Waals surface area contributed by atoms with Gasteiger partial charge in [0.1, 0.15) is 0 Å². The predicted octanol–water partition coefficient (Wildman–Crippen LogP) is 3.59. The first-order valence-electron chi connectivity index (χ1n) is 4.60. The van der Waals surface area contributed by atoms with E-state index in [-0.39, 0.29) is 0 Å². The molecule has 2 heteroatoms. The molecular formula is C11H19NS. The minimum Gasteiger partial charge on any atom is -0.253 e. The number of rotatable bonds is 2. The van der Waals surface area contributed by atoms with E-state index < -0.39 is 0 Å². The molecule has 0 saturated carbocycles.